The number of carbonyl (C=O) groups excluding carboxylic acids is 1. The highest BCUT2D eigenvalue weighted by Crippen LogP contribution is 2.01. The molecule has 0 fully saturated rings. The molecule has 1 amide bonds. The van der Waals surface area contributed by atoms with Crippen LogP contribution in [-0.4, -0.2) is 24.2 Å². The maximum Gasteiger partial charge on any atom is 0.220 e. The van der Waals surface area contributed by atoms with E-state index in [0.717, 1.165) is 32.1 Å². The molecule has 0 aliphatic heterocycles. The summed E-state index contributed by atoms with van der Waals surface area (Å²) in [6, 6.07) is 0. The number of carbonyl (C=O) groups is 1. The molecule has 0 atom stereocenters. The second-order valence-electron chi connectivity index (χ2n) is 6.05. The van der Waals surface area contributed by atoms with E-state index in [9.17, 15) is 4.79 Å². The van der Waals surface area contributed by atoms with Crippen molar-refractivity contribution in [2.75, 3.05) is 13.2 Å². The summed E-state index contributed by atoms with van der Waals surface area (Å²) >= 11 is 0. The molecule has 2 N–H and O–H groups in total. The molecule has 142 valence electrons. The number of amides is 1. The van der Waals surface area contributed by atoms with Gasteiger partial charge in [-0.25, -0.2) is 0 Å². The molecule has 0 rings (SSSR count). The molecule has 0 aliphatic carbocycles. The Morgan fingerprint density at radius 3 is 1.84 bits per heavy atom. The summed E-state index contributed by atoms with van der Waals surface area (Å²) < 4.78 is 0. The van der Waals surface area contributed by atoms with Crippen LogP contribution in [0.25, 0.3) is 0 Å². The maximum absolute atomic E-state index is 11.3. The fourth-order valence-corrected chi connectivity index (χ4v) is 2.23. The number of allylic oxidation sites excluding steroid dienone is 8. The minimum absolute atomic E-state index is 0.00289. The highest BCUT2D eigenvalue weighted by Gasteiger charge is 1.97. The van der Waals surface area contributed by atoms with E-state index >= 15 is 0 Å². The summed E-state index contributed by atoms with van der Waals surface area (Å²) in [7, 11) is 0. The van der Waals surface area contributed by atoms with E-state index in [-0.39, 0.29) is 12.5 Å². The first kappa shape index (κ1) is 23.4. The van der Waals surface area contributed by atoms with Crippen LogP contribution in [0, 0.1) is 0 Å². The van der Waals surface area contributed by atoms with E-state index in [0.29, 0.717) is 13.0 Å². The molecule has 0 unspecified atom stereocenters. The summed E-state index contributed by atoms with van der Waals surface area (Å²) in [5.74, 6) is 0.0185. The Bertz CT molecular complexity index is 408. The first-order valence-electron chi connectivity index (χ1n) is 9.78. The number of aliphatic hydroxyl groups is 1. The van der Waals surface area contributed by atoms with Crippen LogP contribution >= 0.6 is 0 Å². The molecule has 0 saturated heterocycles. The second kappa shape index (κ2) is 20.4. The van der Waals surface area contributed by atoms with Crippen molar-refractivity contribution in [1.82, 2.24) is 5.32 Å². The fourth-order valence-electron chi connectivity index (χ4n) is 2.23. The SMILES string of the molecule is CCCCC/C=C/C/C=C/C/C=C\C/C=C\CCCC(=O)NCCO. The smallest absolute Gasteiger partial charge is 0.220 e. The molecule has 0 aromatic rings. The van der Waals surface area contributed by atoms with Gasteiger partial charge in [-0.2, -0.15) is 0 Å². The van der Waals surface area contributed by atoms with Gasteiger partial charge in [-0.05, 0) is 44.9 Å². The Morgan fingerprint density at radius 2 is 1.32 bits per heavy atom. The molecule has 0 bridgehead atoms. The van der Waals surface area contributed by atoms with Crippen molar-refractivity contribution in [1.29, 1.82) is 0 Å². The van der Waals surface area contributed by atoms with E-state index < -0.39 is 0 Å². The molecule has 3 heteroatoms. The van der Waals surface area contributed by atoms with Gasteiger partial charge in [-0.3, -0.25) is 4.79 Å². The lowest BCUT2D eigenvalue weighted by Gasteiger charge is -2.00. The van der Waals surface area contributed by atoms with E-state index in [1.54, 1.807) is 0 Å². The van der Waals surface area contributed by atoms with Crippen LogP contribution < -0.4 is 5.32 Å². The van der Waals surface area contributed by atoms with Gasteiger partial charge in [0.05, 0.1) is 6.61 Å². The number of aliphatic hydroxyl groups excluding tert-OH is 1. The number of hydrogen-bond donors (Lipinski definition) is 2. The second-order valence-corrected chi connectivity index (χ2v) is 6.05. The number of unbranched alkanes of at least 4 members (excludes halogenated alkanes) is 4. The predicted octanol–water partition coefficient (Wildman–Crippen LogP) is 5.24. The van der Waals surface area contributed by atoms with Gasteiger partial charge in [0.2, 0.25) is 5.91 Å². The first-order chi connectivity index (χ1) is 12.3. The summed E-state index contributed by atoms with van der Waals surface area (Å²) in [5.41, 5.74) is 0. The number of hydrogen-bond acceptors (Lipinski definition) is 2. The van der Waals surface area contributed by atoms with Gasteiger partial charge >= 0.3 is 0 Å². The Hall–Kier alpha value is -1.61. The monoisotopic (exact) mass is 347 g/mol. The third-order valence-corrected chi connectivity index (χ3v) is 3.67. The van der Waals surface area contributed by atoms with E-state index in [4.69, 9.17) is 5.11 Å². The van der Waals surface area contributed by atoms with Crippen molar-refractivity contribution in [3.05, 3.63) is 48.6 Å². The Kier molecular flexibility index (Phi) is 19.1. The minimum atomic E-state index is 0.00289. The van der Waals surface area contributed by atoms with Crippen LogP contribution in [0.1, 0.15) is 71.1 Å². The summed E-state index contributed by atoms with van der Waals surface area (Å²) in [6.45, 7) is 2.59. The van der Waals surface area contributed by atoms with Gasteiger partial charge < -0.3 is 10.4 Å². The largest absolute Gasteiger partial charge is 0.395 e. The number of rotatable bonds is 16. The number of nitrogens with one attached hydrogen (secondary N) is 1. The molecular formula is C22H37NO2. The van der Waals surface area contributed by atoms with E-state index in [1.807, 2.05) is 0 Å². The van der Waals surface area contributed by atoms with Crippen LogP contribution in [0.15, 0.2) is 48.6 Å². The highest BCUT2D eigenvalue weighted by atomic mass is 16.3. The van der Waals surface area contributed by atoms with Crippen molar-refractivity contribution < 1.29 is 9.90 Å². The van der Waals surface area contributed by atoms with Crippen LogP contribution in [0.5, 0.6) is 0 Å². The Morgan fingerprint density at radius 1 is 0.800 bits per heavy atom. The molecule has 0 heterocycles. The zero-order valence-electron chi connectivity index (χ0n) is 16.0. The van der Waals surface area contributed by atoms with Crippen LogP contribution in [0.2, 0.25) is 0 Å². The third kappa shape index (κ3) is 20.3. The Labute approximate surface area is 154 Å². The predicted molar refractivity (Wildman–Crippen MR) is 108 cm³/mol. The van der Waals surface area contributed by atoms with Gasteiger partial charge in [0.25, 0.3) is 0 Å². The molecular weight excluding hydrogens is 310 g/mol. The molecule has 0 aliphatic rings. The topological polar surface area (TPSA) is 49.3 Å². The van der Waals surface area contributed by atoms with Crippen LogP contribution in [0.4, 0.5) is 0 Å². The van der Waals surface area contributed by atoms with Gasteiger partial charge in [-0.15, -0.1) is 0 Å². The molecule has 3 nitrogen and oxygen atoms in total. The third-order valence-electron chi connectivity index (χ3n) is 3.67. The molecule has 0 radical (unpaired) electrons. The quantitative estimate of drug-likeness (QED) is 0.296. The lowest BCUT2D eigenvalue weighted by atomic mass is 10.2. The Balaban J connectivity index is 3.44. The van der Waals surface area contributed by atoms with Gasteiger partial charge in [-0.1, -0.05) is 68.4 Å². The average Bonchev–Trinajstić information content (AvgIpc) is 2.62. The molecule has 0 spiro atoms. The van der Waals surface area contributed by atoms with Crippen molar-refractivity contribution in [2.45, 2.75) is 71.1 Å². The molecule has 0 saturated carbocycles. The minimum Gasteiger partial charge on any atom is -0.395 e. The maximum atomic E-state index is 11.3. The van der Waals surface area contributed by atoms with Crippen molar-refractivity contribution in [3.63, 3.8) is 0 Å². The van der Waals surface area contributed by atoms with Crippen molar-refractivity contribution in [2.24, 2.45) is 0 Å². The first-order valence-corrected chi connectivity index (χ1v) is 9.78. The zero-order chi connectivity index (χ0) is 18.4. The molecule has 0 aromatic heterocycles. The fraction of sp³-hybridized carbons (Fsp3) is 0.591. The normalized spacial score (nSPS) is 12.2. The van der Waals surface area contributed by atoms with E-state index in [2.05, 4.69) is 60.8 Å². The standard InChI is InChI=1S/C22H37NO2/c1-2-3-4-5-6-7-8-9-10-11-12-13-14-15-16-17-18-19-22(25)23-20-21-24/h6-7,9-10,12-13,15-16,24H,2-5,8,11,14,17-21H2,1H3,(H,23,25)/b7-6+,10-9+,13-12-,16-15-. The van der Waals surface area contributed by atoms with E-state index in [1.165, 1.54) is 25.7 Å². The zero-order valence-corrected chi connectivity index (χ0v) is 16.0. The lowest BCUT2D eigenvalue weighted by Crippen LogP contribution is -2.25. The highest BCUT2D eigenvalue weighted by molar-refractivity contribution is 5.75. The lowest BCUT2D eigenvalue weighted by molar-refractivity contribution is -0.121. The average molecular weight is 348 g/mol. The molecule has 25 heavy (non-hydrogen) atoms. The van der Waals surface area contributed by atoms with Crippen LogP contribution in [-0.2, 0) is 4.79 Å². The van der Waals surface area contributed by atoms with Crippen molar-refractivity contribution in [3.8, 4) is 0 Å². The van der Waals surface area contributed by atoms with Crippen LogP contribution in [0.3, 0.4) is 0 Å². The summed E-state index contributed by atoms with van der Waals surface area (Å²) in [5, 5.41) is 11.2. The van der Waals surface area contributed by atoms with Gasteiger partial charge in [0.1, 0.15) is 0 Å². The molecule has 0 aromatic carbocycles. The van der Waals surface area contributed by atoms with Crippen molar-refractivity contribution >= 4 is 5.91 Å². The summed E-state index contributed by atoms with van der Waals surface area (Å²) in [6.07, 6.45) is 28.0. The summed E-state index contributed by atoms with van der Waals surface area (Å²) in [4.78, 5) is 11.3. The van der Waals surface area contributed by atoms with Gasteiger partial charge in [0, 0.05) is 13.0 Å². The van der Waals surface area contributed by atoms with Gasteiger partial charge in [0.15, 0.2) is 0 Å².